The Hall–Kier alpha value is -0.830. The molecule has 0 amide bonds. The molecule has 0 fully saturated rings. The van der Waals surface area contributed by atoms with Gasteiger partial charge in [0, 0.05) is 19.8 Å². The number of hydrogen-bond acceptors (Lipinski definition) is 2. The van der Waals surface area contributed by atoms with Crippen molar-refractivity contribution in [3.63, 3.8) is 0 Å². The summed E-state index contributed by atoms with van der Waals surface area (Å²) >= 11 is 3.54. The lowest BCUT2D eigenvalue weighted by Crippen LogP contribution is -2.20. The van der Waals surface area contributed by atoms with Gasteiger partial charge in [0.1, 0.15) is 5.82 Å². The van der Waals surface area contributed by atoms with E-state index in [-0.39, 0.29) is 0 Å². The quantitative estimate of drug-likeness (QED) is 0.771. The van der Waals surface area contributed by atoms with Crippen molar-refractivity contribution in [2.75, 3.05) is 18.5 Å². The molecule has 0 radical (unpaired) electrons. The van der Waals surface area contributed by atoms with E-state index in [2.05, 4.69) is 39.3 Å². The van der Waals surface area contributed by atoms with E-state index in [0.717, 1.165) is 22.4 Å². The second-order valence-electron chi connectivity index (χ2n) is 3.58. The van der Waals surface area contributed by atoms with Gasteiger partial charge < -0.3 is 4.90 Å². The van der Waals surface area contributed by atoms with E-state index in [9.17, 15) is 0 Å². The van der Waals surface area contributed by atoms with Crippen molar-refractivity contribution in [1.82, 2.24) is 4.98 Å². The lowest BCUT2D eigenvalue weighted by Gasteiger charge is -2.20. The van der Waals surface area contributed by atoms with Gasteiger partial charge in [-0.25, -0.2) is 4.98 Å². The Balaban J connectivity index is 2.95. The zero-order chi connectivity index (χ0) is 10.7. The fraction of sp³-hybridized carbons (Fsp3) is 0.364. The summed E-state index contributed by atoms with van der Waals surface area (Å²) in [5.41, 5.74) is 2.33. The van der Waals surface area contributed by atoms with Crippen LogP contribution in [0.1, 0.15) is 12.5 Å². The van der Waals surface area contributed by atoms with Crippen LogP contribution < -0.4 is 4.90 Å². The molecular formula is C11H15BrN2. The minimum absolute atomic E-state index is 0.828. The molecule has 0 spiro atoms. The summed E-state index contributed by atoms with van der Waals surface area (Å²) in [4.78, 5) is 6.41. The standard InChI is InChI=1S/C11H15BrN2/c1-8(2)7-14(4)11-10(12)9(3)5-6-13-11/h5-6H,1,7H2,2-4H3. The number of aromatic nitrogens is 1. The molecule has 2 nitrogen and oxygen atoms in total. The Labute approximate surface area is 93.8 Å². The average Bonchev–Trinajstić information content (AvgIpc) is 2.08. The van der Waals surface area contributed by atoms with Crippen LogP contribution in [0.3, 0.4) is 0 Å². The second kappa shape index (κ2) is 4.60. The summed E-state index contributed by atoms with van der Waals surface area (Å²) in [5, 5.41) is 0. The summed E-state index contributed by atoms with van der Waals surface area (Å²) < 4.78 is 1.06. The molecule has 0 bridgehead atoms. The van der Waals surface area contributed by atoms with Gasteiger partial charge in [0.15, 0.2) is 0 Å². The highest BCUT2D eigenvalue weighted by Crippen LogP contribution is 2.26. The number of hydrogen-bond donors (Lipinski definition) is 0. The van der Waals surface area contributed by atoms with Gasteiger partial charge in [-0.15, -0.1) is 0 Å². The summed E-state index contributed by atoms with van der Waals surface area (Å²) in [6.07, 6.45) is 1.82. The minimum Gasteiger partial charge on any atom is -0.355 e. The first kappa shape index (κ1) is 11.2. The average molecular weight is 255 g/mol. The first-order valence-corrected chi connectivity index (χ1v) is 5.28. The SMILES string of the molecule is C=C(C)CN(C)c1nccc(C)c1Br. The maximum absolute atomic E-state index is 4.33. The van der Waals surface area contributed by atoms with Crippen LogP contribution in [0.5, 0.6) is 0 Å². The van der Waals surface area contributed by atoms with Crippen molar-refractivity contribution >= 4 is 21.7 Å². The summed E-state index contributed by atoms with van der Waals surface area (Å²) in [7, 11) is 2.02. The van der Waals surface area contributed by atoms with Gasteiger partial charge in [0.25, 0.3) is 0 Å². The largest absolute Gasteiger partial charge is 0.355 e. The third-order valence-electron chi connectivity index (χ3n) is 1.93. The van der Waals surface area contributed by atoms with E-state index in [4.69, 9.17) is 0 Å². The minimum atomic E-state index is 0.828. The third kappa shape index (κ3) is 2.58. The smallest absolute Gasteiger partial charge is 0.143 e. The molecule has 0 aliphatic heterocycles. The van der Waals surface area contributed by atoms with Crippen molar-refractivity contribution in [3.8, 4) is 0 Å². The van der Waals surface area contributed by atoms with Crippen LogP contribution in [0, 0.1) is 6.92 Å². The highest BCUT2D eigenvalue weighted by Gasteiger charge is 2.08. The predicted octanol–water partition coefficient (Wildman–Crippen LogP) is 3.16. The van der Waals surface area contributed by atoms with Gasteiger partial charge in [0.2, 0.25) is 0 Å². The Kier molecular flexibility index (Phi) is 3.69. The number of rotatable bonds is 3. The first-order valence-electron chi connectivity index (χ1n) is 4.49. The number of aryl methyl sites for hydroxylation is 1. The van der Waals surface area contributed by atoms with E-state index in [1.807, 2.05) is 26.2 Å². The van der Waals surface area contributed by atoms with E-state index < -0.39 is 0 Å². The van der Waals surface area contributed by atoms with Gasteiger partial charge in [0.05, 0.1) is 4.47 Å². The molecule has 14 heavy (non-hydrogen) atoms. The van der Waals surface area contributed by atoms with Crippen molar-refractivity contribution in [2.24, 2.45) is 0 Å². The maximum Gasteiger partial charge on any atom is 0.143 e. The highest BCUT2D eigenvalue weighted by molar-refractivity contribution is 9.10. The van der Waals surface area contributed by atoms with Gasteiger partial charge in [-0.1, -0.05) is 12.2 Å². The van der Waals surface area contributed by atoms with Gasteiger partial charge >= 0.3 is 0 Å². The first-order chi connectivity index (χ1) is 6.52. The lowest BCUT2D eigenvalue weighted by atomic mass is 10.2. The van der Waals surface area contributed by atoms with Crippen LogP contribution in [0.2, 0.25) is 0 Å². The molecule has 0 unspecified atom stereocenters. The Morgan fingerprint density at radius 2 is 2.29 bits per heavy atom. The third-order valence-corrected chi connectivity index (χ3v) is 2.91. The highest BCUT2D eigenvalue weighted by atomic mass is 79.9. The van der Waals surface area contributed by atoms with E-state index >= 15 is 0 Å². The van der Waals surface area contributed by atoms with Crippen LogP contribution in [-0.4, -0.2) is 18.6 Å². The molecule has 0 aromatic carbocycles. The van der Waals surface area contributed by atoms with Gasteiger partial charge in [-0.05, 0) is 41.4 Å². The molecule has 0 atom stereocenters. The number of anilines is 1. The van der Waals surface area contributed by atoms with Crippen LogP contribution >= 0.6 is 15.9 Å². The molecule has 0 aliphatic rings. The molecule has 1 heterocycles. The van der Waals surface area contributed by atoms with E-state index in [0.29, 0.717) is 0 Å². The predicted molar refractivity (Wildman–Crippen MR) is 64.8 cm³/mol. The van der Waals surface area contributed by atoms with E-state index in [1.54, 1.807) is 0 Å². The van der Waals surface area contributed by atoms with Crippen molar-refractivity contribution in [2.45, 2.75) is 13.8 Å². The molecule has 0 aliphatic carbocycles. The topological polar surface area (TPSA) is 16.1 Å². The molecule has 0 saturated carbocycles. The fourth-order valence-corrected chi connectivity index (χ4v) is 1.81. The Morgan fingerprint density at radius 3 is 2.86 bits per heavy atom. The number of likely N-dealkylation sites (N-methyl/N-ethyl adjacent to an activating group) is 1. The normalized spacial score (nSPS) is 10.0. The summed E-state index contributed by atoms with van der Waals surface area (Å²) in [6, 6.07) is 1.99. The Bertz CT molecular complexity index is 347. The van der Waals surface area contributed by atoms with Crippen LogP contribution in [-0.2, 0) is 0 Å². The van der Waals surface area contributed by atoms with Crippen molar-refractivity contribution < 1.29 is 0 Å². The molecular weight excluding hydrogens is 240 g/mol. The van der Waals surface area contributed by atoms with E-state index in [1.165, 1.54) is 5.56 Å². The number of nitrogens with zero attached hydrogens (tertiary/aromatic N) is 2. The fourth-order valence-electron chi connectivity index (χ4n) is 1.27. The van der Waals surface area contributed by atoms with Crippen LogP contribution in [0.4, 0.5) is 5.82 Å². The Morgan fingerprint density at radius 1 is 1.64 bits per heavy atom. The molecule has 1 aromatic rings. The van der Waals surface area contributed by atoms with Crippen LogP contribution in [0.25, 0.3) is 0 Å². The summed E-state index contributed by atoms with van der Waals surface area (Å²) in [6.45, 7) is 8.79. The zero-order valence-electron chi connectivity index (χ0n) is 8.84. The number of pyridine rings is 1. The molecule has 0 saturated heterocycles. The van der Waals surface area contributed by atoms with Crippen molar-refractivity contribution in [1.29, 1.82) is 0 Å². The molecule has 76 valence electrons. The molecule has 3 heteroatoms. The molecule has 0 N–H and O–H groups in total. The summed E-state index contributed by atoms with van der Waals surface area (Å²) in [5.74, 6) is 0.966. The van der Waals surface area contributed by atoms with Crippen molar-refractivity contribution in [3.05, 3.63) is 34.5 Å². The number of halogens is 1. The lowest BCUT2D eigenvalue weighted by molar-refractivity contribution is 0.946. The van der Waals surface area contributed by atoms with Crippen LogP contribution in [0.15, 0.2) is 28.9 Å². The second-order valence-corrected chi connectivity index (χ2v) is 4.37. The maximum atomic E-state index is 4.33. The van der Waals surface area contributed by atoms with Gasteiger partial charge in [-0.2, -0.15) is 0 Å². The molecule has 1 rings (SSSR count). The van der Waals surface area contributed by atoms with Gasteiger partial charge in [-0.3, -0.25) is 0 Å². The monoisotopic (exact) mass is 254 g/mol. The molecule has 1 aromatic heterocycles. The zero-order valence-corrected chi connectivity index (χ0v) is 10.4.